The van der Waals surface area contributed by atoms with Crippen LogP contribution in [-0.4, -0.2) is 33.9 Å². The highest BCUT2D eigenvalue weighted by molar-refractivity contribution is 5.93. The lowest BCUT2D eigenvalue weighted by Gasteiger charge is -2.18. The van der Waals surface area contributed by atoms with Crippen molar-refractivity contribution in [1.29, 1.82) is 0 Å². The number of hydrogen-bond donors (Lipinski definition) is 0. The van der Waals surface area contributed by atoms with Crippen LogP contribution in [0.1, 0.15) is 31.8 Å². The summed E-state index contributed by atoms with van der Waals surface area (Å²) in [6.07, 6.45) is 3.09. The van der Waals surface area contributed by atoms with E-state index in [1.807, 2.05) is 48.5 Å². The zero-order chi connectivity index (χ0) is 26.2. The molecule has 6 heteroatoms. The molecule has 4 rings (SSSR count). The Labute approximate surface area is 216 Å². The predicted molar refractivity (Wildman–Crippen MR) is 143 cm³/mol. The molecule has 0 amide bonds. The van der Waals surface area contributed by atoms with Gasteiger partial charge in [-0.05, 0) is 66.4 Å². The molecule has 0 N–H and O–H groups in total. The van der Waals surface area contributed by atoms with Crippen molar-refractivity contribution in [3.63, 3.8) is 0 Å². The number of hydrogen-bond acceptors (Lipinski definition) is 6. The summed E-state index contributed by atoms with van der Waals surface area (Å²) in [4.78, 5) is 23.0. The Morgan fingerprint density at radius 1 is 0.622 bits per heavy atom. The van der Waals surface area contributed by atoms with Gasteiger partial charge in [-0.2, -0.15) is 0 Å². The Hall–Kier alpha value is -4.58. The van der Waals surface area contributed by atoms with Gasteiger partial charge in [0, 0.05) is 22.3 Å². The molecule has 0 aliphatic rings. The number of carbonyl (C=O) groups excluding carboxylic acids is 2. The maximum absolute atomic E-state index is 11.9. The van der Waals surface area contributed by atoms with Crippen molar-refractivity contribution in [2.45, 2.75) is 12.8 Å². The third-order valence-corrected chi connectivity index (χ3v) is 6.15. The molecule has 4 aromatic rings. The van der Waals surface area contributed by atoms with E-state index in [1.54, 1.807) is 51.7 Å². The van der Waals surface area contributed by atoms with E-state index in [1.165, 1.54) is 0 Å². The Balaban J connectivity index is 1.58. The molecule has 0 spiro atoms. The van der Waals surface area contributed by atoms with E-state index in [4.69, 9.17) is 18.9 Å². The van der Waals surface area contributed by atoms with E-state index in [0.717, 1.165) is 47.7 Å². The Morgan fingerprint density at radius 3 is 1.95 bits per heavy atom. The largest absolute Gasteiger partial charge is 0.496 e. The fraction of sp³-hybridized carbons (Fsp3) is 0.161. The normalized spacial score (nSPS) is 10.5. The fourth-order valence-corrected chi connectivity index (χ4v) is 4.30. The van der Waals surface area contributed by atoms with Crippen molar-refractivity contribution in [1.82, 2.24) is 0 Å². The minimum Gasteiger partial charge on any atom is -0.496 e. The van der Waals surface area contributed by atoms with Crippen molar-refractivity contribution in [2.24, 2.45) is 0 Å². The molecule has 37 heavy (non-hydrogen) atoms. The Bertz CT molecular complexity index is 1390. The monoisotopic (exact) mass is 496 g/mol. The number of carbonyl (C=O) groups is 2. The van der Waals surface area contributed by atoms with E-state index >= 15 is 0 Å². The lowest BCUT2D eigenvalue weighted by Crippen LogP contribution is -2.01. The van der Waals surface area contributed by atoms with Gasteiger partial charge in [-0.25, -0.2) is 0 Å². The summed E-state index contributed by atoms with van der Waals surface area (Å²) in [6, 6.07) is 24.1. The number of rotatable bonds is 11. The SMILES string of the molecule is COc1ccc(C=O)cc1Oc1ccc(CCc2cccc(OC)c2-c2c(C=O)cccc2OC)cc1. The van der Waals surface area contributed by atoms with Crippen molar-refractivity contribution in [3.05, 3.63) is 101 Å². The minimum atomic E-state index is 0.476. The summed E-state index contributed by atoms with van der Waals surface area (Å²) in [5.74, 6) is 2.96. The van der Waals surface area contributed by atoms with Gasteiger partial charge in [0.15, 0.2) is 17.8 Å². The van der Waals surface area contributed by atoms with Crippen LogP contribution in [0.15, 0.2) is 78.9 Å². The molecule has 6 nitrogen and oxygen atoms in total. The molecule has 188 valence electrons. The first-order chi connectivity index (χ1) is 18.1. The van der Waals surface area contributed by atoms with Crippen LogP contribution < -0.4 is 18.9 Å². The number of aldehydes is 2. The van der Waals surface area contributed by atoms with Crippen LogP contribution in [0.25, 0.3) is 11.1 Å². The van der Waals surface area contributed by atoms with Crippen molar-refractivity contribution >= 4 is 12.6 Å². The van der Waals surface area contributed by atoms with E-state index in [-0.39, 0.29) is 0 Å². The quantitative estimate of drug-likeness (QED) is 0.218. The molecule has 0 aromatic heterocycles. The molecule has 0 saturated carbocycles. The minimum absolute atomic E-state index is 0.476. The molecule has 0 aliphatic heterocycles. The van der Waals surface area contributed by atoms with Gasteiger partial charge in [0.2, 0.25) is 0 Å². The standard InChI is InChI=1S/C31H28O6/c1-34-26-17-13-22(19-32)18-29(26)37-25-15-11-21(12-16-25)10-14-23-6-4-8-27(35-2)30(23)31-24(20-33)7-5-9-28(31)36-3/h4-9,11-13,15-20H,10,14H2,1-3H3. The highest BCUT2D eigenvalue weighted by atomic mass is 16.5. The summed E-state index contributed by atoms with van der Waals surface area (Å²) < 4.78 is 22.6. The van der Waals surface area contributed by atoms with E-state index in [2.05, 4.69) is 0 Å². The summed E-state index contributed by atoms with van der Waals surface area (Å²) in [6.45, 7) is 0. The maximum atomic E-state index is 11.9. The average Bonchev–Trinajstić information content (AvgIpc) is 2.95. The first-order valence-corrected chi connectivity index (χ1v) is 11.8. The summed E-state index contributed by atoms with van der Waals surface area (Å²) in [5, 5.41) is 0. The molecular weight excluding hydrogens is 468 g/mol. The molecule has 0 atom stereocenters. The van der Waals surface area contributed by atoms with Crippen LogP contribution in [0.5, 0.6) is 28.7 Å². The highest BCUT2D eigenvalue weighted by Gasteiger charge is 2.19. The summed E-state index contributed by atoms with van der Waals surface area (Å²) in [5.41, 5.74) is 4.79. The number of aryl methyl sites for hydroxylation is 2. The molecule has 0 aliphatic carbocycles. The lowest BCUT2D eigenvalue weighted by atomic mass is 9.91. The molecule has 0 unspecified atom stereocenters. The third-order valence-electron chi connectivity index (χ3n) is 6.15. The van der Waals surface area contributed by atoms with Crippen molar-refractivity contribution in [3.8, 4) is 39.9 Å². The second-order valence-electron chi connectivity index (χ2n) is 8.31. The summed E-state index contributed by atoms with van der Waals surface area (Å²) >= 11 is 0. The third kappa shape index (κ3) is 5.64. The topological polar surface area (TPSA) is 71.1 Å². The Morgan fingerprint density at radius 2 is 1.30 bits per heavy atom. The van der Waals surface area contributed by atoms with Crippen molar-refractivity contribution < 1.29 is 28.5 Å². The first kappa shape index (κ1) is 25.5. The van der Waals surface area contributed by atoms with E-state index in [0.29, 0.717) is 39.9 Å². The molecule has 4 aromatic carbocycles. The fourth-order valence-electron chi connectivity index (χ4n) is 4.30. The molecule has 0 saturated heterocycles. The Kier molecular flexibility index (Phi) is 8.21. The number of ether oxygens (including phenoxy) is 4. The molecule has 0 radical (unpaired) electrons. The van der Waals surface area contributed by atoms with Gasteiger partial charge in [0.25, 0.3) is 0 Å². The molecule has 0 heterocycles. The van der Waals surface area contributed by atoms with Gasteiger partial charge in [0.1, 0.15) is 23.5 Å². The lowest BCUT2D eigenvalue weighted by molar-refractivity contribution is 0.111. The predicted octanol–water partition coefficient (Wildman–Crippen LogP) is 6.58. The van der Waals surface area contributed by atoms with Gasteiger partial charge in [0.05, 0.1) is 21.3 Å². The highest BCUT2D eigenvalue weighted by Crippen LogP contribution is 2.41. The number of methoxy groups -OCH3 is 3. The van der Waals surface area contributed by atoms with Crippen LogP contribution in [0.3, 0.4) is 0 Å². The maximum Gasteiger partial charge on any atom is 0.169 e. The first-order valence-electron chi connectivity index (χ1n) is 11.8. The van der Waals surface area contributed by atoms with Gasteiger partial charge >= 0.3 is 0 Å². The van der Waals surface area contributed by atoms with Crippen LogP contribution in [-0.2, 0) is 12.8 Å². The van der Waals surface area contributed by atoms with Gasteiger partial charge in [-0.3, -0.25) is 9.59 Å². The number of benzene rings is 4. The smallest absolute Gasteiger partial charge is 0.169 e. The van der Waals surface area contributed by atoms with E-state index < -0.39 is 0 Å². The van der Waals surface area contributed by atoms with Crippen LogP contribution >= 0.6 is 0 Å². The second kappa shape index (κ2) is 11.9. The molecular formula is C31H28O6. The van der Waals surface area contributed by atoms with E-state index in [9.17, 15) is 9.59 Å². The van der Waals surface area contributed by atoms with Crippen LogP contribution in [0, 0.1) is 0 Å². The zero-order valence-corrected chi connectivity index (χ0v) is 21.0. The molecule has 0 fully saturated rings. The van der Waals surface area contributed by atoms with Gasteiger partial charge in [-0.15, -0.1) is 0 Å². The van der Waals surface area contributed by atoms with Gasteiger partial charge in [-0.1, -0.05) is 36.4 Å². The second-order valence-corrected chi connectivity index (χ2v) is 8.31. The zero-order valence-electron chi connectivity index (χ0n) is 21.0. The van der Waals surface area contributed by atoms with Crippen LogP contribution in [0.2, 0.25) is 0 Å². The summed E-state index contributed by atoms with van der Waals surface area (Å²) in [7, 11) is 4.77. The van der Waals surface area contributed by atoms with Gasteiger partial charge < -0.3 is 18.9 Å². The molecule has 0 bridgehead atoms. The average molecular weight is 497 g/mol. The van der Waals surface area contributed by atoms with Crippen LogP contribution in [0.4, 0.5) is 0 Å². The van der Waals surface area contributed by atoms with Crippen molar-refractivity contribution in [2.75, 3.05) is 21.3 Å².